The topological polar surface area (TPSA) is 139 Å². The maximum Gasteiger partial charge on any atom is 0.326 e. The van der Waals surface area contributed by atoms with Crippen LogP contribution in [0.3, 0.4) is 0 Å². The van der Waals surface area contributed by atoms with Crippen LogP contribution in [0.2, 0.25) is 0 Å². The van der Waals surface area contributed by atoms with E-state index in [1.165, 1.54) is 7.05 Å². The summed E-state index contributed by atoms with van der Waals surface area (Å²) in [7, 11) is 2.43. The SMILES string of the molecule is COC(=O)CN(C)C(=O)NC(CC(N)=O)C(=O)O. The molecule has 18 heavy (non-hydrogen) atoms. The predicted octanol–water partition coefficient (Wildman–Crippen LogP) is -1.87. The standard InChI is InChI=1S/C9H15N3O6/c1-12(4-7(14)18-2)9(17)11-5(8(15)16)3-6(10)13/h5H,3-4H2,1-2H3,(H2,10,13)(H,11,17)(H,15,16). The Balaban J connectivity index is 4.45. The van der Waals surface area contributed by atoms with Crippen molar-refractivity contribution >= 4 is 23.9 Å². The molecule has 9 heteroatoms. The Morgan fingerprint density at radius 1 is 1.39 bits per heavy atom. The number of aliphatic carboxylic acids is 1. The number of hydrogen-bond donors (Lipinski definition) is 3. The Hall–Kier alpha value is -2.32. The Morgan fingerprint density at radius 3 is 2.33 bits per heavy atom. The van der Waals surface area contributed by atoms with Crippen LogP contribution in [-0.4, -0.2) is 60.6 Å². The van der Waals surface area contributed by atoms with Gasteiger partial charge < -0.3 is 25.8 Å². The monoisotopic (exact) mass is 261 g/mol. The first kappa shape index (κ1) is 15.7. The van der Waals surface area contributed by atoms with Crippen molar-refractivity contribution in [1.29, 1.82) is 0 Å². The highest BCUT2D eigenvalue weighted by molar-refractivity contribution is 5.88. The molecule has 0 aliphatic heterocycles. The zero-order chi connectivity index (χ0) is 14.3. The molecule has 0 aromatic heterocycles. The molecule has 3 amide bonds. The molecule has 0 saturated carbocycles. The molecule has 0 aliphatic rings. The van der Waals surface area contributed by atoms with E-state index in [-0.39, 0.29) is 6.54 Å². The summed E-state index contributed by atoms with van der Waals surface area (Å²) in [5.74, 6) is -2.92. The number of rotatable bonds is 6. The largest absolute Gasteiger partial charge is 0.480 e. The molecule has 0 radical (unpaired) electrons. The fraction of sp³-hybridized carbons (Fsp3) is 0.556. The second-order valence-corrected chi connectivity index (χ2v) is 3.44. The number of methoxy groups -OCH3 is 1. The molecule has 4 N–H and O–H groups in total. The summed E-state index contributed by atoms with van der Waals surface area (Å²) in [6.07, 6.45) is -0.535. The first-order chi connectivity index (χ1) is 8.27. The summed E-state index contributed by atoms with van der Waals surface area (Å²) in [4.78, 5) is 44.6. The lowest BCUT2D eigenvalue weighted by atomic mass is 10.2. The fourth-order valence-corrected chi connectivity index (χ4v) is 0.991. The van der Waals surface area contributed by atoms with E-state index in [9.17, 15) is 19.2 Å². The molecule has 1 unspecified atom stereocenters. The molecular weight excluding hydrogens is 246 g/mol. The van der Waals surface area contributed by atoms with Gasteiger partial charge in [-0.1, -0.05) is 0 Å². The first-order valence-electron chi connectivity index (χ1n) is 4.87. The second kappa shape index (κ2) is 7.09. The van der Waals surface area contributed by atoms with E-state index in [4.69, 9.17) is 10.8 Å². The van der Waals surface area contributed by atoms with Gasteiger partial charge in [0.25, 0.3) is 0 Å². The van der Waals surface area contributed by atoms with Gasteiger partial charge in [0.1, 0.15) is 12.6 Å². The number of nitrogens with one attached hydrogen (secondary N) is 1. The lowest BCUT2D eigenvalue weighted by Gasteiger charge is -2.19. The smallest absolute Gasteiger partial charge is 0.326 e. The van der Waals surface area contributed by atoms with Gasteiger partial charge in [-0.25, -0.2) is 9.59 Å². The molecule has 0 heterocycles. The maximum absolute atomic E-state index is 11.5. The van der Waals surface area contributed by atoms with Crippen LogP contribution in [-0.2, 0) is 19.1 Å². The molecule has 9 nitrogen and oxygen atoms in total. The lowest BCUT2D eigenvalue weighted by Crippen LogP contribution is -2.49. The molecule has 0 aliphatic carbocycles. The molecular formula is C9H15N3O6. The highest BCUT2D eigenvalue weighted by Gasteiger charge is 2.24. The summed E-state index contributed by atoms with van der Waals surface area (Å²) in [6.45, 7) is -0.342. The number of carbonyl (C=O) groups is 4. The number of carboxylic acids is 1. The van der Waals surface area contributed by atoms with Crippen molar-refractivity contribution in [1.82, 2.24) is 10.2 Å². The van der Waals surface area contributed by atoms with E-state index in [0.29, 0.717) is 0 Å². The van der Waals surface area contributed by atoms with Crippen LogP contribution in [0, 0.1) is 0 Å². The Morgan fingerprint density at radius 2 is 1.94 bits per heavy atom. The third-order valence-electron chi connectivity index (χ3n) is 1.94. The van der Waals surface area contributed by atoms with Gasteiger partial charge in [0.15, 0.2) is 0 Å². The minimum absolute atomic E-state index is 0.342. The van der Waals surface area contributed by atoms with Gasteiger partial charge in [0.2, 0.25) is 5.91 Å². The van der Waals surface area contributed by atoms with E-state index in [0.717, 1.165) is 12.0 Å². The van der Waals surface area contributed by atoms with Gasteiger partial charge in [-0.2, -0.15) is 0 Å². The van der Waals surface area contributed by atoms with E-state index < -0.39 is 36.3 Å². The van der Waals surface area contributed by atoms with Crippen LogP contribution in [0.15, 0.2) is 0 Å². The van der Waals surface area contributed by atoms with E-state index >= 15 is 0 Å². The number of esters is 1. The van der Waals surface area contributed by atoms with Crippen molar-refractivity contribution in [3.8, 4) is 0 Å². The second-order valence-electron chi connectivity index (χ2n) is 3.44. The van der Waals surface area contributed by atoms with Gasteiger partial charge in [-0.05, 0) is 0 Å². The third-order valence-corrected chi connectivity index (χ3v) is 1.94. The van der Waals surface area contributed by atoms with Crippen LogP contribution in [0.1, 0.15) is 6.42 Å². The molecule has 0 fully saturated rings. The fourth-order valence-electron chi connectivity index (χ4n) is 0.991. The maximum atomic E-state index is 11.5. The summed E-state index contributed by atoms with van der Waals surface area (Å²) >= 11 is 0. The number of nitrogens with zero attached hydrogens (tertiary/aromatic N) is 1. The molecule has 0 spiro atoms. The molecule has 0 bridgehead atoms. The summed E-state index contributed by atoms with van der Waals surface area (Å²) in [6, 6.07) is -2.26. The first-order valence-corrected chi connectivity index (χ1v) is 4.87. The van der Waals surface area contributed by atoms with Crippen molar-refractivity contribution < 1.29 is 29.0 Å². The van der Waals surface area contributed by atoms with Crippen molar-refractivity contribution in [2.75, 3.05) is 20.7 Å². The number of amides is 3. The molecule has 0 saturated heterocycles. The Bertz CT molecular complexity index is 356. The zero-order valence-electron chi connectivity index (χ0n) is 10.0. The van der Waals surface area contributed by atoms with Crippen LogP contribution >= 0.6 is 0 Å². The van der Waals surface area contributed by atoms with Crippen molar-refractivity contribution in [3.05, 3.63) is 0 Å². The van der Waals surface area contributed by atoms with Crippen molar-refractivity contribution in [3.63, 3.8) is 0 Å². The minimum Gasteiger partial charge on any atom is -0.480 e. The predicted molar refractivity (Wildman–Crippen MR) is 58.4 cm³/mol. The summed E-state index contributed by atoms with van der Waals surface area (Å²) in [5, 5.41) is 10.8. The number of carbonyl (C=O) groups excluding carboxylic acids is 3. The highest BCUT2D eigenvalue weighted by Crippen LogP contribution is 1.95. The molecule has 1 atom stereocenters. The minimum atomic E-state index is -1.44. The number of primary amides is 1. The van der Waals surface area contributed by atoms with Crippen LogP contribution in [0.5, 0.6) is 0 Å². The van der Waals surface area contributed by atoms with E-state index in [2.05, 4.69) is 10.1 Å². The van der Waals surface area contributed by atoms with E-state index in [1.54, 1.807) is 0 Å². The van der Waals surface area contributed by atoms with Crippen molar-refractivity contribution in [2.45, 2.75) is 12.5 Å². The van der Waals surface area contributed by atoms with Crippen molar-refractivity contribution in [2.24, 2.45) is 5.73 Å². The average molecular weight is 261 g/mol. The number of ether oxygens (including phenoxy) is 1. The lowest BCUT2D eigenvalue weighted by molar-refractivity contribution is -0.141. The van der Waals surface area contributed by atoms with Gasteiger partial charge >= 0.3 is 18.0 Å². The summed E-state index contributed by atoms with van der Waals surface area (Å²) in [5.41, 5.74) is 4.84. The zero-order valence-corrected chi connectivity index (χ0v) is 10.0. The average Bonchev–Trinajstić information content (AvgIpc) is 2.26. The van der Waals surface area contributed by atoms with Gasteiger partial charge in [-0.3, -0.25) is 9.59 Å². The number of likely N-dealkylation sites (N-methyl/N-ethyl adjacent to an activating group) is 1. The summed E-state index contributed by atoms with van der Waals surface area (Å²) < 4.78 is 4.34. The molecule has 0 aromatic carbocycles. The molecule has 0 rings (SSSR count). The number of nitrogens with two attached hydrogens (primary N) is 1. The molecule has 0 aromatic rings. The highest BCUT2D eigenvalue weighted by atomic mass is 16.5. The normalized spacial score (nSPS) is 11.2. The quantitative estimate of drug-likeness (QED) is 0.478. The Kier molecular flexibility index (Phi) is 6.18. The Labute approximate surface area is 103 Å². The molecule has 102 valence electrons. The van der Waals surface area contributed by atoms with Crippen LogP contribution in [0.25, 0.3) is 0 Å². The number of hydrogen-bond acceptors (Lipinski definition) is 5. The van der Waals surface area contributed by atoms with Crippen LogP contribution < -0.4 is 11.1 Å². The van der Waals surface area contributed by atoms with Gasteiger partial charge in [0, 0.05) is 7.05 Å². The number of urea groups is 1. The van der Waals surface area contributed by atoms with E-state index in [1.807, 2.05) is 0 Å². The third kappa shape index (κ3) is 5.68. The van der Waals surface area contributed by atoms with Gasteiger partial charge in [-0.15, -0.1) is 0 Å². The van der Waals surface area contributed by atoms with Crippen LogP contribution in [0.4, 0.5) is 4.79 Å². The van der Waals surface area contributed by atoms with Gasteiger partial charge in [0.05, 0.1) is 13.5 Å². The number of carboxylic acid groups (broad SMARTS) is 1.